The van der Waals surface area contributed by atoms with Gasteiger partial charge in [0.25, 0.3) is 5.56 Å². The minimum absolute atomic E-state index is 0.153. The molecular weight excluding hydrogens is 414 g/mol. The first-order valence-corrected chi connectivity index (χ1v) is 11.3. The lowest BCUT2D eigenvalue weighted by atomic mass is 10.1. The van der Waals surface area contributed by atoms with Crippen LogP contribution < -0.4 is 10.9 Å². The number of nitrogens with zero attached hydrogens (tertiary/aromatic N) is 4. The summed E-state index contributed by atoms with van der Waals surface area (Å²) in [5.74, 6) is 0.0220. The van der Waals surface area contributed by atoms with Crippen molar-refractivity contribution in [2.24, 2.45) is 0 Å². The van der Waals surface area contributed by atoms with Crippen LogP contribution in [-0.4, -0.2) is 25.5 Å². The Morgan fingerprint density at radius 3 is 2.39 bits per heavy atom. The second-order valence-corrected chi connectivity index (χ2v) is 9.10. The van der Waals surface area contributed by atoms with Crippen LogP contribution in [0.2, 0.25) is 0 Å². The van der Waals surface area contributed by atoms with Gasteiger partial charge in [-0.3, -0.25) is 9.59 Å². The lowest BCUT2D eigenvalue weighted by Gasteiger charge is -2.12. The molecule has 4 aromatic rings. The van der Waals surface area contributed by atoms with E-state index in [0.29, 0.717) is 11.4 Å². The highest BCUT2D eigenvalue weighted by Crippen LogP contribution is 2.41. The fourth-order valence-electron chi connectivity index (χ4n) is 4.36. The quantitative estimate of drug-likeness (QED) is 0.500. The summed E-state index contributed by atoms with van der Waals surface area (Å²) >= 11 is 0. The van der Waals surface area contributed by atoms with E-state index < -0.39 is 0 Å². The normalized spacial score (nSPS) is 13.5. The van der Waals surface area contributed by atoms with Gasteiger partial charge in [0.1, 0.15) is 12.1 Å². The van der Waals surface area contributed by atoms with Gasteiger partial charge in [-0.2, -0.15) is 10.2 Å². The smallest absolute Gasteiger partial charge is 0.293 e. The van der Waals surface area contributed by atoms with Crippen LogP contribution in [0.15, 0.2) is 47.4 Å². The first-order valence-electron chi connectivity index (χ1n) is 11.3. The third-order valence-corrected chi connectivity index (χ3v) is 6.20. The fraction of sp³-hybridized carbons (Fsp3) is 0.308. The molecular formula is C26H27N5O2. The minimum Gasteiger partial charge on any atom is -0.324 e. The molecule has 168 valence electrons. The zero-order valence-electron chi connectivity index (χ0n) is 19.3. The third-order valence-electron chi connectivity index (χ3n) is 6.20. The first kappa shape index (κ1) is 21.1. The van der Waals surface area contributed by atoms with Gasteiger partial charge in [-0.1, -0.05) is 35.4 Å². The van der Waals surface area contributed by atoms with E-state index >= 15 is 0 Å². The number of aryl methyl sites for hydroxylation is 4. The van der Waals surface area contributed by atoms with Crippen molar-refractivity contribution >= 4 is 22.5 Å². The van der Waals surface area contributed by atoms with Crippen molar-refractivity contribution in [2.45, 2.75) is 53.0 Å². The molecule has 2 aromatic carbocycles. The van der Waals surface area contributed by atoms with E-state index in [0.717, 1.165) is 57.6 Å². The molecule has 7 nitrogen and oxygen atoms in total. The number of amides is 1. The van der Waals surface area contributed by atoms with Crippen LogP contribution in [0.4, 0.5) is 5.69 Å². The SMILES string of the molecule is Cc1ccc(NC(=O)Cn2nc(C3CC3)c3cnn(-c4ccc(C)cc4C)c3c2=O)c(C)c1. The maximum Gasteiger partial charge on any atom is 0.293 e. The summed E-state index contributed by atoms with van der Waals surface area (Å²) in [7, 11) is 0. The zero-order chi connectivity index (χ0) is 23.3. The Morgan fingerprint density at radius 1 is 1.03 bits per heavy atom. The predicted octanol–water partition coefficient (Wildman–Crippen LogP) is 4.33. The van der Waals surface area contributed by atoms with Crippen molar-refractivity contribution in [2.75, 3.05) is 5.32 Å². The molecule has 1 aliphatic rings. The lowest BCUT2D eigenvalue weighted by Crippen LogP contribution is -2.31. The molecule has 2 heterocycles. The van der Waals surface area contributed by atoms with Crippen LogP contribution in [0.5, 0.6) is 0 Å². The van der Waals surface area contributed by atoms with Gasteiger partial charge in [-0.25, -0.2) is 9.36 Å². The van der Waals surface area contributed by atoms with Gasteiger partial charge < -0.3 is 5.32 Å². The molecule has 1 fully saturated rings. The molecule has 0 saturated heterocycles. The summed E-state index contributed by atoms with van der Waals surface area (Å²) in [5.41, 5.74) is 6.88. The number of aromatic nitrogens is 4. The van der Waals surface area contributed by atoms with E-state index in [1.165, 1.54) is 4.68 Å². The molecule has 0 unspecified atom stereocenters. The van der Waals surface area contributed by atoms with Gasteiger partial charge in [0.05, 0.1) is 17.6 Å². The summed E-state index contributed by atoms with van der Waals surface area (Å²) in [6.07, 6.45) is 3.80. The van der Waals surface area contributed by atoms with Gasteiger partial charge in [0, 0.05) is 17.0 Å². The standard InChI is InChI=1S/C26H27N5O2/c1-15-5-9-21(17(3)11-15)28-23(32)14-30-26(33)25-20(24(29-30)19-7-8-19)13-27-31(25)22-10-6-16(2)12-18(22)4/h5-6,9-13,19H,7-8,14H2,1-4H3,(H,28,32). The monoisotopic (exact) mass is 441 g/mol. The van der Waals surface area contributed by atoms with E-state index in [9.17, 15) is 9.59 Å². The van der Waals surface area contributed by atoms with Crippen molar-refractivity contribution in [1.82, 2.24) is 19.6 Å². The number of rotatable bonds is 5. The maximum atomic E-state index is 13.5. The van der Waals surface area contributed by atoms with Crippen LogP contribution in [0.1, 0.15) is 46.7 Å². The molecule has 0 atom stereocenters. The largest absolute Gasteiger partial charge is 0.324 e. The number of hydrogen-bond acceptors (Lipinski definition) is 4. The van der Waals surface area contributed by atoms with Crippen LogP contribution in [0.25, 0.3) is 16.6 Å². The fourth-order valence-corrected chi connectivity index (χ4v) is 4.36. The number of fused-ring (bicyclic) bond motifs is 1. The number of benzene rings is 2. The molecule has 1 N–H and O–H groups in total. The van der Waals surface area contributed by atoms with E-state index in [1.54, 1.807) is 10.9 Å². The molecule has 5 rings (SSSR count). The van der Waals surface area contributed by atoms with Crippen molar-refractivity contribution in [3.05, 3.63) is 80.9 Å². The molecule has 0 radical (unpaired) electrons. The average molecular weight is 442 g/mol. The maximum absolute atomic E-state index is 13.5. The lowest BCUT2D eigenvalue weighted by molar-refractivity contribution is -0.117. The molecule has 1 aliphatic carbocycles. The summed E-state index contributed by atoms with van der Waals surface area (Å²) < 4.78 is 2.98. The van der Waals surface area contributed by atoms with E-state index in [-0.39, 0.29) is 18.0 Å². The Labute approximate surface area is 192 Å². The summed E-state index contributed by atoms with van der Waals surface area (Å²) in [6, 6.07) is 11.9. The van der Waals surface area contributed by atoms with Crippen LogP contribution >= 0.6 is 0 Å². The summed E-state index contributed by atoms with van der Waals surface area (Å²) in [5, 5.41) is 12.9. The van der Waals surface area contributed by atoms with E-state index in [1.807, 2.05) is 58.0 Å². The van der Waals surface area contributed by atoms with E-state index in [2.05, 4.69) is 21.6 Å². The number of carbonyl (C=O) groups excluding carboxylic acids is 1. The molecule has 33 heavy (non-hydrogen) atoms. The summed E-state index contributed by atoms with van der Waals surface area (Å²) in [6.45, 7) is 7.85. The van der Waals surface area contributed by atoms with Crippen molar-refractivity contribution in [1.29, 1.82) is 0 Å². The van der Waals surface area contributed by atoms with Crippen LogP contribution in [0, 0.1) is 27.7 Å². The van der Waals surface area contributed by atoms with Crippen molar-refractivity contribution in [3.8, 4) is 5.69 Å². The highest BCUT2D eigenvalue weighted by Gasteiger charge is 2.30. The molecule has 1 saturated carbocycles. The Morgan fingerprint density at radius 2 is 1.73 bits per heavy atom. The molecule has 0 aliphatic heterocycles. The van der Waals surface area contributed by atoms with Crippen LogP contribution in [0.3, 0.4) is 0 Å². The number of hydrogen-bond donors (Lipinski definition) is 1. The highest BCUT2D eigenvalue weighted by molar-refractivity contribution is 5.91. The van der Waals surface area contributed by atoms with Gasteiger partial charge in [0.15, 0.2) is 0 Å². The second kappa shape index (κ2) is 7.99. The Balaban J connectivity index is 1.57. The minimum atomic E-state index is -0.317. The molecule has 7 heteroatoms. The van der Waals surface area contributed by atoms with Crippen molar-refractivity contribution < 1.29 is 4.79 Å². The van der Waals surface area contributed by atoms with Gasteiger partial charge in [-0.05, 0) is 63.8 Å². The van der Waals surface area contributed by atoms with Gasteiger partial charge in [0.2, 0.25) is 5.91 Å². The Bertz CT molecular complexity index is 1460. The molecule has 1 amide bonds. The second-order valence-electron chi connectivity index (χ2n) is 9.10. The number of nitrogens with one attached hydrogen (secondary N) is 1. The first-order chi connectivity index (χ1) is 15.8. The third kappa shape index (κ3) is 3.95. The Hall–Kier alpha value is -3.74. The highest BCUT2D eigenvalue weighted by atomic mass is 16.2. The zero-order valence-corrected chi connectivity index (χ0v) is 19.3. The predicted molar refractivity (Wildman–Crippen MR) is 129 cm³/mol. The number of carbonyl (C=O) groups is 1. The Kier molecular flexibility index (Phi) is 5.12. The average Bonchev–Trinajstić information content (AvgIpc) is 3.51. The van der Waals surface area contributed by atoms with Crippen LogP contribution in [-0.2, 0) is 11.3 Å². The van der Waals surface area contributed by atoms with Crippen molar-refractivity contribution in [3.63, 3.8) is 0 Å². The summed E-state index contributed by atoms with van der Waals surface area (Å²) in [4.78, 5) is 26.4. The molecule has 0 spiro atoms. The topological polar surface area (TPSA) is 81.8 Å². The van der Waals surface area contributed by atoms with E-state index in [4.69, 9.17) is 0 Å². The van der Waals surface area contributed by atoms with Gasteiger partial charge >= 0.3 is 0 Å². The molecule has 2 aromatic heterocycles. The number of anilines is 1. The van der Waals surface area contributed by atoms with Gasteiger partial charge in [-0.15, -0.1) is 0 Å². The molecule has 0 bridgehead atoms.